The van der Waals surface area contributed by atoms with Crippen molar-refractivity contribution in [2.24, 2.45) is 11.5 Å². The molecular formula is C9H25BrN4. The first-order valence-electron chi connectivity index (χ1n) is 5.23. The molecule has 0 rings (SSSR count). The fourth-order valence-electron chi connectivity index (χ4n) is 1.04. The van der Waals surface area contributed by atoms with Gasteiger partial charge in [-0.1, -0.05) is 0 Å². The summed E-state index contributed by atoms with van der Waals surface area (Å²) in [7, 11) is 0. The molecule has 0 aromatic rings. The first-order valence-corrected chi connectivity index (χ1v) is 5.23. The molecule has 4 nitrogen and oxygen atoms in total. The number of rotatable bonds is 10. The Morgan fingerprint density at radius 1 is 0.643 bits per heavy atom. The molecule has 0 saturated heterocycles. The van der Waals surface area contributed by atoms with Gasteiger partial charge in [0.2, 0.25) is 0 Å². The van der Waals surface area contributed by atoms with Gasteiger partial charge in [0.05, 0.1) is 0 Å². The van der Waals surface area contributed by atoms with Crippen molar-refractivity contribution in [3.05, 3.63) is 0 Å². The van der Waals surface area contributed by atoms with E-state index >= 15 is 0 Å². The number of nitrogens with one attached hydrogen (secondary N) is 2. The molecule has 0 aromatic heterocycles. The Morgan fingerprint density at radius 3 is 1.36 bits per heavy atom. The Bertz CT molecular complexity index is 82.9. The number of halogens is 1. The number of hydrogen-bond acceptors (Lipinski definition) is 4. The minimum absolute atomic E-state index is 0. The van der Waals surface area contributed by atoms with Crippen molar-refractivity contribution >= 4 is 17.0 Å². The smallest absolute Gasteiger partial charge is 0.00368 e. The Kier molecular flexibility index (Phi) is 18.9. The average molecular weight is 269 g/mol. The second kappa shape index (κ2) is 15.8. The summed E-state index contributed by atoms with van der Waals surface area (Å²) in [6.07, 6.45) is 3.32. The van der Waals surface area contributed by atoms with Crippen LogP contribution in [0.2, 0.25) is 0 Å². The van der Waals surface area contributed by atoms with Crippen LogP contribution in [-0.4, -0.2) is 39.3 Å². The SMILES string of the molecule is Br.NCCCNCCCNCCCN. The van der Waals surface area contributed by atoms with Crippen LogP contribution in [0.25, 0.3) is 0 Å². The van der Waals surface area contributed by atoms with E-state index in [-0.39, 0.29) is 17.0 Å². The van der Waals surface area contributed by atoms with E-state index in [1.807, 2.05) is 0 Å². The molecule has 14 heavy (non-hydrogen) atoms. The van der Waals surface area contributed by atoms with Crippen molar-refractivity contribution in [2.45, 2.75) is 19.3 Å². The molecule has 88 valence electrons. The highest BCUT2D eigenvalue weighted by atomic mass is 79.9. The molecule has 6 N–H and O–H groups in total. The van der Waals surface area contributed by atoms with Crippen molar-refractivity contribution in [2.75, 3.05) is 39.3 Å². The summed E-state index contributed by atoms with van der Waals surface area (Å²) in [6, 6.07) is 0. The minimum Gasteiger partial charge on any atom is -0.330 e. The standard InChI is InChI=1S/C9H24N4.BrH/c10-4-1-6-12-8-3-9-13-7-2-5-11;/h12-13H,1-11H2;1H. The van der Waals surface area contributed by atoms with E-state index in [1.54, 1.807) is 0 Å². The molecule has 5 heteroatoms. The lowest BCUT2D eigenvalue weighted by Crippen LogP contribution is -2.25. The van der Waals surface area contributed by atoms with Crippen LogP contribution in [0.3, 0.4) is 0 Å². The maximum Gasteiger partial charge on any atom is -0.00368 e. The molecule has 0 spiro atoms. The first-order chi connectivity index (χ1) is 6.41. The van der Waals surface area contributed by atoms with Gasteiger partial charge in [0, 0.05) is 0 Å². The second-order valence-electron chi connectivity index (χ2n) is 3.14. The zero-order valence-electron chi connectivity index (χ0n) is 8.93. The van der Waals surface area contributed by atoms with Gasteiger partial charge in [0.25, 0.3) is 0 Å². The zero-order chi connectivity index (χ0) is 9.78. The van der Waals surface area contributed by atoms with E-state index in [0.29, 0.717) is 0 Å². The molecule has 0 unspecified atom stereocenters. The Balaban J connectivity index is 0. The van der Waals surface area contributed by atoms with Crippen molar-refractivity contribution in [3.8, 4) is 0 Å². The molecule has 0 aliphatic rings. The predicted octanol–water partition coefficient (Wildman–Crippen LogP) is -0.169. The minimum atomic E-state index is 0. The van der Waals surface area contributed by atoms with E-state index in [9.17, 15) is 0 Å². The lowest BCUT2D eigenvalue weighted by atomic mass is 10.3. The van der Waals surface area contributed by atoms with Crippen molar-refractivity contribution in [1.82, 2.24) is 10.6 Å². The van der Waals surface area contributed by atoms with E-state index in [2.05, 4.69) is 10.6 Å². The van der Waals surface area contributed by atoms with Crippen LogP contribution in [0.5, 0.6) is 0 Å². The van der Waals surface area contributed by atoms with Gasteiger partial charge in [0.1, 0.15) is 0 Å². The quantitative estimate of drug-likeness (QED) is 0.415. The summed E-state index contributed by atoms with van der Waals surface area (Å²) in [5, 5.41) is 6.67. The van der Waals surface area contributed by atoms with Crippen LogP contribution in [0.1, 0.15) is 19.3 Å². The average Bonchev–Trinajstić information content (AvgIpc) is 2.16. The van der Waals surface area contributed by atoms with Gasteiger partial charge in [-0.2, -0.15) is 0 Å². The fraction of sp³-hybridized carbons (Fsp3) is 1.00. The van der Waals surface area contributed by atoms with Gasteiger partial charge >= 0.3 is 0 Å². The molecule has 0 aliphatic heterocycles. The maximum atomic E-state index is 5.36. The third-order valence-electron chi connectivity index (χ3n) is 1.82. The summed E-state index contributed by atoms with van der Waals surface area (Å²) in [5.74, 6) is 0. The fourth-order valence-corrected chi connectivity index (χ4v) is 1.04. The van der Waals surface area contributed by atoms with E-state index < -0.39 is 0 Å². The highest BCUT2D eigenvalue weighted by molar-refractivity contribution is 8.93. The van der Waals surface area contributed by atoms with E-state index in [0.717, 1.165) is 52.1 Å². The topological polar surface area (TPSA) is 76.1 Å². The van der Waals surface area contributed by atoms with Crippen LogP contribution >= 0.6 is 17.0 Å². The van der Waals surface area contributed by atoms with Crippen molar-refractivity contribution in [3.63, 3.8) is 0 Å². The Labute approximate surface area is 98.0 Å². The van der Waals surface area contributed by atoms with Gasteiger partial charge in [-0.25, -0.2) is 0 Å². The lowest BCUT2D eigenvalue weighted by Gasteiger charge is -2.04. The second-order valence-corrected chi connectivity index (χ2v) is 3.14. The highest BCUT2D eigenvalue weighted by Crippen LogP contribution is 1.76. The highest BCUT2D eigenvalue weighted by Gasteiger charge is 1.88. The van der Waals surface area contributed by atoms with Gasteiger partial charge in [-0.05, 0) is 58.5 Å². The molecule has 0 heterocycles. The molecule has 0 amide bonds. The lowest BCUT2D eigenvalue weighted by molar-refractivity contribution is 0.579. The zero-order valence-corrected chi connectivity index (χ0v) is 10.6. The summed E-state index contributed by atoms with van der Waals surface area (Å²) in [5.41, 5.74) is 10.7. The van der Waals surface area contributed by atoms with Gasteiger partial charge in [-0.15, -0.1) is 17.0 Å². The van der Waals surface area contributed by atoms with Crippen LogP contribution in [0, 0.1) is 0 Å². The first kappa shape index (κ1) is 16.7. The molecule has 0 saturated carbocycles. The molecule has 0 fully saturated rings. The van der Waals surface area contributed by atoms with Crippen LogP contribution in [0.15, 0.2) is 0 Å². The van der Waals surface area contributed by atoms with Gasteiger partial charge in [0.15, 0.2) is 0 Å². The van der Waals surface area contributed by atoms with E-state index in [4.69, 9.17) is 11.5 Å². The largest absolute Gasteiger partial charge is 0.330 e. The normalized spacial score (nSPS) is 9.86. The number of nitrogens with two attached hydrogens (primary N) is 2. The summed E-state index contributed by atoms with van der Waals surface area (Å²) < 4.78 is 0. The monoisotopic (exact) mass is 268 g/mol. The van der Waals surface area contributed by atoms with Gasteiger partial charge < -0.3 is 22.1 Å². The van der Waals surface area contributed by atoms with Crippen molar-refractivity contribution < 1.29 is 0 Å². The maximum absolute atomic E-state index is 5.36. The molecule has 0 aliphatic carbocycles. The van der Waals surface area contributed by atoms with Gasteiger partial charge in [-0.3, -0.25) is 0 Å². The molecule has 0 atom stereocenters. The van der Waals surface area contributed by atoms with Crippen LogP contribution in [-0.2, 0) is 0 Å². The summed E-state index contributed by atoms with van der Waals surface area (Å²) in [6.45, 7) is 5.80. The van der Waals surface area contributed by atoms with Crippen LogP contribution < -0.4 is 22.1 Å². The molecule has 0 radical (unpaired) electrons. The molecule has 0 bridgehead atoms. The van der Waals surface area contributed by atoms with Crippen LogP contribution in [0.4, 0.5) is 0 Å². The summed E-state index contributed by atoms with van der Waals surface area (Å²) in [4.78, 5) is 0. The third-order valence-corrected chi connectivity index (χ3v) is 1.82. The van der Waals surface area contributed by atoms with E-state index in [1.165, 1.54) is 6.42 Å². The molecular weight excluding hydrogens is 244 g/mol. The van der Waals surface area contributed by atoms with Crippen molar-refractivity contribution in [1.29, 1.82) is 0 Å². The summed E-state index contributed by atoms with van der Waals surface area (Å²) >= 11 is 0. The Morgan fingerprint density at radius 2 is 1.00 bits per heavy atom. The Hall–Kier alpha value is 0.320. The third kappa shape index (κ3) is 14.8. The number of hydrogen-bond donors (Lipinski definition) is 4. The predicted molar refractivity (Wildman–Crippen MR) is 68.0 cm³/mol. The molecule has 0 aromatic carbocycles.